The monoisotopic (exact) mass is 275 g/mol. The fourth-order valence-corrected chi connectivity index (χ4v) is 2.92. The van der Waals surface area contributed by atoms with Crippen LogP contribution in [0.3, 0.4) is 0 Å². The zero-order chi connectivity index (χ0) is 13.2. The van der Waals surface area contributed by atoms with Gasteiger partial charge in [0.05, 0.1) is 0 Å². The highest BCUT2D eigenvalue weighted by atomic mass is 35.5. The second-order valence-corrected chi connectivity index (χ2v) is 5.35. The van der Waals surface area contributed by atoms with E-state index in [0.29, 0.717) is 0 Å². The van der Waals surface area contributed by atoms with Crippen molar-refractivity contribution in [2.24, 2.45) is 0 Å². The molecule has 0 bridgehead atoms. The second kappa shape index (κ2) is 5.32. The Bertz CT molecular complexity index is 597. The summed E-state index contributed by atoms with van der Waals surface area (Å²) in [5, 5.41) is 4.23. The number of hydrogen-bond donors (Lipinski definition) is 1. The Labute approximate surface area is 117 Å². The van der Waals surface area contributed by atoms with Crippen molar-refractivity contribution in [3.63, 3.8) is 0 Å². The summed E-state index contributed by atoms with van der Waals surface area (Å²) in [7, 11) is 0. The van der Waals surface area contributed by atoms with Gasteiger partial charge in [-0.05, 0) is 47.7 Å². The maximum Gasteiger partial charge on any atom is 0.126 e. The van der Waals surface area contributed by atoms with Crippen molar-refractivity contribution in [1.29, 1.82) is 0 Å². The fraction of sp³-hybridized carbons (Fsp3) is 0.250. The molecule has 1 N–H and O–H groups in total. The molecule has 0 saturated heterocycles. The molecule has 19 heavy (non-hydrogen) atoms. The molecule has 0 spiro atoms. The van der Waals surface area contributed by atoms with Crippen LogP contribution in [0.1, 0.15) is 29.2 Å². The largest absolute Gasteiger partial charge is 0.306 e. The average Bonchev–Trinajstić information content (AvgIpc) is 2.81. The van der Waals surface area contributed by atoms with Crippen LogP contribution in [0, 0.1) is 5.82 Å². The quantitative estimate of drug-likeness (QED) is 0.883. The third-order valence-corrected chi connectivity index (χ3v) is 3.89. The van der Waals surface area contributed by atoms with Crippen molar-refractivity contribution in [1.82, 2.24) is 5.32 Å². The first-order valence-electron chi connectivity index (χ1n) is 6.49. The van der Waals surface area contributed by atoms with Crippen molar-refractivity contribution < 1.29 is 4.39 Å². The second-order valence-electron chi connectivity index (χ2n) is 4.91. The molecule has 98 valence electrons. The van der Waals surface area contributed by atoms with Crippen LogP contribution in [0.4, 0.5) is 4.39 Å². The lowest BCUT2D eigenvalue weighted by Gasteiger charge is -2.14. The standard InChI is InChI=1S/C16H15ClFN/c17-12-4-1-3-11(9-12)10-19-16-8-7-13-14(16)5-2-6-15(13)18/h1-6,9,16,19H,7-8,10H2. The zero-order valence-electron chi connectivity index (χ0n) is 10.5. The summed E-state index contributed by atoms with van der Waals surface area (Å²) in [5.74, 6) is -0.0791. The molecule has 0 saturated carbocycles. The Kier molecular flexibility index (Phi) is 3.54. The fourth-order valence-electron chi connectivity index (χ4n) is 2.71. The van der Waals surface area contributed by atoms with Gasteiger partial charge in [0.25, 0.3) is 0 Å². The summed E-state index contributed by atoms with van der Waals surface area (Å²) in [6.07, 6.45) is 1.77. The van der Waals surface area contributed by atoms with Crippen LogP contribution in [0.5, 0.6) is 0 Å². The van der Waals surface area contributed by atoms with Crippen molar-refractivity contribution in [2.75, 3.05) is 0 Å². The summed E-state index contributed by atoms with van der Waals surface area (Å²) in [4.78, 5) is 0. The Hall–Kier alpha value is -1.38. The van der Waals surface area contributed by atoms with E-state index in [0.717, 1.165) is 41.1 Å². The maximum atomic E-state index is 13.6. The Morgan fingerprint density at radius 1 is 1.21 bits per heavy atom. The molecule has 1 atom stereocenters. The third-order valence-electron chi connectivity index (χ3n) is 3.66. The molecule has 0 amide bonds. The van der Waals surface area contributed by atoms with E-state index in [-0.39, 0.29) is 11.9 Å². The highest BCUT2D eigenvalue weighted by Crippen LogP contribution is 2.32. The topological polar surface area (TPSA) is 12.0 Å². The van der Waals surface area contributed by atoms with Crippen molar-refractivity contribution in [2.45, 2.75) is 25.4 Å². The highest BCUT2D eigenvalue weighted by Gasteiger charge is 2.24. The Morgan fingerprint density at radius 2 is 2.05 bits per heavy atom. The van der Waals surface area contributed by atoms with Gasteiger partial charge < -0.3 is 5.32 Å². The molecule has 0 aliphatic heterocycles. The van der Waals surface area contributed by atoms with Gasteiger partial charge in [-0.2, -0.15) is 0 Å². The van der Waals surface area contributed by atoms with Gasteiger partial charge in [-0.3, -0.25) is 0 Å². The third kappa shape index (κ3) is 2.65. The molecule has 1 aliphatic carbocycles. The van der Waals surface area contributed by atoms with Crippen LogP contribution in [0.25, 0.3) is 0 Å². The summed E-state index contributed by atoms with van der Waals surface area (Å²) in [6, 6.07) is 13.4. The van der Waals surface area contributed by atoms with E-state index in [4.69, 9.17) is 11.6 Å². The molecular formula is C16H15ClFN. The molecule has 0 heterocycles. The number of rotatable bonds is 3. The van der Waals surface area contributed by atoms with E-state index < -0.39 is 0 Å². The smallest absolute Gasteiger partial charge is 0.126 e. The van der Waals surface area contributed by atoms with Gasteiger partial charge in [-0.15, -0.1) is 0 Å². The molecule has 1 nitrogen and oxygen atoms in total. The molecule has 0 radical (unpaired) electrons. The van der Waals surface area contributed by atoms with Crippen LogP contribution in [-0.4, -0.2) is 0 Å². The number of benzene rings is 2. The minimum absolute atomic E-state index is 0.0791. The predicted octanol–water partition coefficient (Wildman–Crippen LogP) is 4.26. The van der Waals surface area contributed by atoms with Crippen molar-refractivity contribution in [3.8, 4) is 0 Å². The first kappa shape index (κ1) is 12.6. The molecule has 2 aromatic carbocycles. The predicted molar refractivity (Wildman–Crippen MR) is 75.8 cm³/mol. The first-order chi connectivity index (χ1) is 9.24. The molecule has 2 aromatic rings. The van der Waals surface area contributed by atoms with Crippen LogP contribution < -0.4 is 5.32 Å². The lowest BCUT2D eigenvalue weighted by molar-refractivity contribution is 0.530. The van der Waals surface area contributed by atoms with Gasteiger partial charge in [0.2, 0.25) is 0 Å². The highest BCUT2D eigenvalue weighted by molar-refractivity contribution is 6.30. The van der Waals surface area contributed by atoms with Gasteiger partial charge in [0.15, 0.2) is 0 Å². The molecule has 3 rings (SSSR count). The van der Waals surface area contributed by atoms with E-state index in [2.05, 4.69) is 5.32 Å². The molecule has 0 aromatic heterocycles. The van der Waals surface area contributed by atoms with E-state index in [1.165, 1.54) is 6.07 Å². The van der Waals surface area contributed by atoms with Gasteiger partial charge in [0, 0.05) is 17.6 Å². The molecule has 1 aliphatic rings. The Morgan fingerprint density at radius 3 is 2.89 bits per heavy atom. The summed E-state index contributed by atoms with van der Waals surface area (Å²) in [6.45, 7) is 0.751. The zero-order valence-corrected chi connectivity index (χ0v) is 11.3. The normalized spacial score (nSPS) is 17.5. The molecule has 1 unspecified atom stereocenters. The molecule has 0 fully saturated rings. The number of halogens is 2. The first-order valence-corrected chi connectivity index (χ1v) is 6.87. The lowest BCUT2D eigenvalue weighted by Crippen LogP contribution is -2.18. The summed E-state index contributed by atoms with van der Waals surface area (Å²) < 4.78 is 13.6. The van der Waals surface area contributed by atoms with E-state index in [1.807, 2.05) is 30.3 Å². The van der Waals surface area contributed by atoms with Crippen molar-refractivity contribution in [3.05, 3.63) is 70.0 Å². The molecule has 3 heteroatoms. The minimum Gasteiger partial charge on any atom is -0.306 e. The van der Waals surface area contributed by atoms with Gasteiger partial charge >= 0.3 is 0 Å². The van der Waals surface area contributed by atoms with E-state index in [9.17, 15) is 4.39 Å². The number of fused-ring (bicyclic) bond motifs is 1. The summed E-state index contributed by atoms with van der Waals surface area (Å²) in [5.41, 5.74) is 3.12. The Balaban J connectivity index is 1.72. The average molecular weight is 276 g/mol. The number of nitrogens with one attached hydrogen (secondary N) is 1. The van der Waals surface area contributed by atoms with Gasteiger partial charge in [-0.1, -0.05) is 35.9 Å². The minimum atomic E-state index is -0.0791. The maximum absolute atomic E-state index is 13.6. The van der Waals surface area contributed by atoms with Crippen LogP contribution in [0.15, 0.2) is 42.5 Å². The summed E-state index contributed by atoms with van der Waals surface area (Å²) >= 11 is 5.96. The molecular weight excluding hydrogens is 261 g/mol. The number of hydrogen-bond acceptors (Lipinski definition) is 1. The van der Waals surface area contributed by atoms with Crippen molar-refractivity contribution >= 4 is 11.6 Å². The SMILES string of the molecule is Fc1cccc2c1CCC2NCc1cccc(Cl)c1. The van der Waals surface area contributed by atoms with Gasteiger partial charge in [-0.25, -0.2) is 4.39 Å². The van der Waals surface area contributed by atoms with Gasteiger partial charge in [0.1, 0.15) is 5.82 Å². The lowest BCUT2D eigenvalue weighted by atomic mass is 10.1. The van der Waals surface area contributed by atoms with E-state index in [1.54, 1.807) is 6.07 Å². The van der Waals surface area contributed by atoms with Crippen LogP contribution >= 0.6 is 11.6 Å². The van der Waals surface area contributed by atoms with E-state index >= 15 is 0 Å². The van der Waals surface area contributed by atoms with Crippen LogP contribution in [-0.2, 0) is 13.0 Å². The van der Waals surface area contributed by atoms with Crippen LogP contribution in [0.2, 0.25) is 5.02 Å².